The van der Waals surface area contributed by atoms with Crippen LogP contribution in [0.4, 0.5) is 0 Å². The van der Waals surface area contributed by atoms with Gasteiger partial charge in [-0.25, -0.2) is 4.79 Å². The largest absolute Gasteiger partial charge is 0.508 e. The zero-order valence-electron chi connectivity index (χ0n) is 10.6. The number of phenolic OH excluding ortho intramolecular Hbond substituents is 1. The van der Waals surface area contributed by atoms with E-state index in [2.05, 4.69) is 0 Å². The zero-order chi connectivity index (χ0) is 13.9. The summed E-state index contributed by atoms with van der Waals surface area (Å²) < 4.78 is 10.7. The van der Waals surface area contributed by atoms with E-state index in [9.17, 15) is 9.90 Å². The van der Waals surface area contributed by atoms with Gasteiger partial charge in [-0.3, -0.25) is 0 Å². The number of phenols is 1. The fraction of sp³-hybridized carbons (Fsp3) is 0.0625. The molecule has 0 atom stereocenters. The molecule has 0 amide bonds. The number of aromatic hydroxyl groups is 1. The second-order valence-corrected chi connectivity index (χ2v) is 4.37. The molecule has 3 rings (SSSR count). The number of rotatable bonds is 3. The third kappa shape index (κ3) is 2.49. The van der Waals surface area contributed by atoms with E-state index in [1.165, 1.54) is 6.07 Å². The first kappa shape index (κ1) is 12.3. The molecule has 2 aromatic carbocycles. The van der Waals surface area contributed by atoms with Gasteiger partial charge >= 0.3 is 5.63 Å². The van der Waals surface area contributed by atoms with Gasteiger partial charge in [0.1, 0.15) is 23.7 Å². The van der Waals surface area contributed by atoms with Crippen LogP contribution in [-0.2, 0) is 6.61 Å². The SMILES string of the molecule is O=c1ccc2ccc(OCc3ccccc3O)cc2o1. The first-order valence-corrected chi connectivity index (χ1v) is 6.16. The maximum atomic E-state index is 11.2. The predicted molar refractivity (Wildman–Crippen MR) is 74.9 cm³/mol. The summed E-state index contributed by atoms with van der Waals surface area (Å²) in [5.74, 6) is 0.773. The van der Waals surface area contributed by atoms with E-state index in [-0.39, 0.29) is 12.4 Å². The lowest BCUT2D eigenvalue weighted by atomic mass is 10.2. The van der Waals surface area contributed by atoms with Crippen molar-refractivity contribution in [2.75, 3.05) is 0 Å². The molecular formula is C16H12O4. The van der Waals surface area contributed by atoms with E-state index >= 15 is 0 Å². The zero-order valence-corrected chi connectivity index (χ0v) is 10.6. The Morgan fingerprint density at radius 2 is 1.85 bits per heavy atom. The minimum absolute atomic E-state index is 0.194. The van der Waals surface area contributed by atoms with Gasteiger partial charge in [-0.1, -0.05) is 18.2 Å². The van der Waals surface area contributed by atoms with Crippen LogP contribution in [0.15, 0.2) is 63.8 Å². The molecule has 0 aliphatic heterocycles. The van der Waals surface area contributed by atoms with Crippen molar-refractivity contribution < 1.29 is 14.3 Å². The summed E-state index contributed by atoms with van der Waals surface area (Å²) in [7, 11) is 0. The Morgan fingerprint density at radius 3 is 2.70 bits per heavy atom. The van der Waals surface area contributed by atoms with Crippen LogP contribution in [0.25, 0.3) is 11.0 Å². The molecule has 1 N–H and O–H groups in total. The van der Waals surface area contributed by atoms with Gasteiger partial charge in [0.15, 0.2) is 0 Å². The lowest BCUT2D eigenvalue weighted by molar-refractivity contribution is 0.299. The van der Waals surface area contributed by atoms with Crippen LogP contribution in [0.5, 0.6) is 11.5 Å². The third-order valence-corrected chi connectivity index (χ3v) is 2.98. The molecule has 20 heavy (non-hydrogen) atoms. The van der Waals surface area contributed by atoms with Gasteiger partial charge in [0.05, 0.1) is 0 Å². The quantitative estimate of drug-likeness (QED) is 0.741. The number of ether oxygens (including phenoxy) is 1. The Bertz CT molecular complexity index is 805. The van der Waals surface area contributed by atoms with E-state index < -0.39 is 5.63 Å². The maximum Gasteiger partial charge on any atom is 0.336 e. The van der Waals surface area contributed by atoms with Gasteiger partial charge in [-0.2, -0.15) is 0 Å². The van der Waals surface area contributed by atoms with Crippen molar-refractivity contribution in [1.29, 1.82) is 0 Å². The fourth-order valence-corrected chi connectivity index (χ4v) is 1.92. The van der Waals surface area contributed by atoms with Gasteiger partial charge < -0.3 is 14.3 Å². The van der Waals surface area contributed by atoms with Gasteiger partial charge in [-0.15, -0.1) is 0 Å². The molecule has 1 heterocycles. The predicted octanol–water partition coefficient (Wildman–Crippen LogP) is 3.08. The Morgan fingerprint density at radius 1 is 1.05 bits per heavy atom. The first-order chi connectivity index (χ1) is 9.72. The summed E-state index contributed by atoms with van der Waals surface area (Å²) >= 11 is 0. The van der Waals surface area contributed by atoms with E-state index in [0.29, 0.717) is 16.9 Å². The average molecular weight is 268 g/mol. The Kier molecular flexibility index (Phi) is 3.13. The summed E-state index contributed by atoms with van der Waals surface area (Å²) in [5, 5.41) is 10.5. The van der Waals surface area contributed by atoms with Crippen LogP contribution < -0.4 is 10.4 Å². The highest BCUT2D eigenvalue weighted by atomic mass is 16.5. The molecule has 0 radical (unpaired) electrons. The van der Waals surface area contributed by atoms with Gasteiger partial charge in [0.25, 0.3) is 0 Å². The Balaban J connectivity index is 1.84. The topological polar surface area (TPSA) is 59.7 Å². The Hall–Kier alpha value is -2.75. The number of fused-ring (bicyclic) bond motifs is 1. The van der Waals surface area contributed by atoms with Crippen molar-refractivity contribution in [2.45, 2.75) is 6.61 Å². The van der Waals surface area contributed by atoms with Crippen molar-refractivity contribution in [3.63, 3.8) is 0 Å². The molecule has 4 nitrogen and oxygen atoms in total. The molecule has 1 aromatic heterocycles. The lowest BCUT2D eigenvalue weighted by Gasteiger charge is -2.08. The highest BCUT2D eigenvalue weighted by Crippen LogP contribution is 2.22. The van der Waals surface area contributed by atoms with Gasteiger partial charge in [0, 0.05) is 23.1 Å². The molecule has 0 unspecified atom stereocenters. The summed E-state index contributed by atoms with van der Waals surface area (Å²) in [6.45, 7) is 0.245. The van der Waals surface area contributed by atoms with Crippen molar-refractivity contribution >= 4 is 11.0 Å². The first-order valence-electron chi connectivity index (χ1n) is 6.16. The van der Waals surface area contributed by atoms with E-state index in [0.717, 1.165) is 5.39 Å². The number of hydrogen-bond acceptors (Lipinski definition) is 4. The van der Waals surface area contributed by atoms with E-state index in [4.69, 9.17) is 9.15 Å². The van der Waals surface area contributed by atoms with Crippen LogP contribution >= 0.6 is 0 Å². The highest BCUT2D eigenvalue weighted by Gasteiger charge is 2.03. The monoisotopic (exact) mass is 268 g/mol. The molecule has 0 saturated heterocycles. The smallest absolute Gasteiger partial charge is 0.336 e. The van der Waals surface area contributed by atoms with Crippen LogP contribution in [0.3, 0.4) is 0 Å². The summed E-state index contributed by atoms with van der Waals surface area (Å²) in [6, 6.07) is 15.3. The van der Waals surface area contributed by atoms with Crippen LogP contribution in [0, 0.1) is 0 Å². The highest BCUT2D eigenvalue weighted by molar-refractivity contribution is 5.77. The molecular weight excluding hydrogens is 256 g/mol. The standard InChI is InChI=1S/C16H12O4/c17-14-4-2-1-3-12(14)10-19-13-7-5-11-6-8-16(18)20-15(11)9-13/h1-9,17H,10H2. The second kappa shape index (κ2) is 5.09. The van der Waals surface area contributed by atoms with Crippen molar-refractivity contribution in [3.05, 3.63) is 70.6 Å². The molecule has 0 spiro atoms. The molecule has 0 fully saturated rings. The van der Waals surface area contributed by atoms with Gasteiger partial charge in [0.2, 0.25) is 0 Å². The van der Waals surface area contributed by atoms with Gasteiger partial charge in [-0.05, 0) is 24.3 Å². The molecule has 3 aromatic rings. The Labute approximate surface area is 114 Å². The van der Waals surface area contributed by atoms with Crippen molar-refractivity contribution in [1.82, 2.24) is 0 Å². The molecule has 0 bridgehead atoms. The second-order valence-electron chi connectivity index (χ2n) is 4.37. The van der Waals surface area contributed by atoms with Crippen LogP contribution in [0.1, 0.15) is 5.56 Å². The van der Waals surface area contributed by atoms with Crippen molar-refractivity contribution in [2.24, 2.45) is 0 Å². The summed E-state index contributed by atoms with van der Waals surface area (Å²) in [5.41, 5.74) is 0.782. The van der Waals surface area contributed by atoms with E-state index in [1.54, 1.807) is 36.4 Å². The summed E-state index contributed by atoms with van der Waals surface area (Å²) in [6.07, 6.45) is 0. The number of benzene rings is 2. The lowest BCUT2D eigenvalue weighted by Crippen LogP contribution is -1.97. The minimum atomic E-state index is -0.393. The van der Waals surface area contributed by atoms with Crippen molar-refractivity contribution in [3.8, 4) is 11.5 Å². The van der Waals surface area contributed by atoms with Crippen LogP contribution in [0.2, 0.25) is 0 Å². The normalized spacial score (nSPS) is 10.6. The maximum absolute atomic E-state index is 11.2. The minimum Gasteiger partial charge on any atom is -0.508 e. The third-order valence-electron chi connectivity index (χ3n) is 2.98. The van der Waals surface area contributed by atoms with Crippen LogP contribution in [-0.4, -0.2) is 5.11 Å². The fourth-order valence-electron chi connectivity index (χ4n) is 1.92. The summed E-state index contributed by atoms with van der Waals surface area (Å²) in [4.78, 5) is 11.2. The molecule has 0 aliphatic rings. The molecule has 0 saturated carbocycles. The average Bonchev–Trinajstić information content (AvgIpc) is 2.46. The number of hydrogen-bond donors (Lipinski definition) is 1. The number of para-hydroxylation sites is 1. The van der Waals surface area contributed by atoms with E-state index in [1.807, 2.05) is 12.1 Å². The molecule has 4 heteroatoms. The molecule has 100 valence electrons. The molecule has 0 aliphatic carbocycles.